The Labute approximate surface area is 146 Å². The van der Waals surface area contributed by atoms with Gasteiger partial charge in [-0.25, -0.2) is 4.79 Å². The van der Waals surface area contributed by atoms with Gasteiger partial charge in [0.25, 0.3) is 0 Å². The molecular formula is C16H14BrClN2O3. The van der Waals surface area contributed by atoms with E-state index in [0.29, 0.717) is 11.4 Å². The van der Waals surface area contributed by atoms with Gasteiger partial charge in [0.1, 0.15) is 5.76 Å². The van der Waals surface area contributed by atoms with Gasteiger partial charge in [0.15, 0.2) is 0 Å². The van der Waals surface area contributed by atoms with E-state index in [-0.39, 0.29) is 10.6 Å². The Bertz CT molecular complexity index is 767. The SMILES string of the molecule is O=C(O)c1ccc(N=Cc2cc(Br)c(N3CCCC3)o2)cc1Cl. The molecule has 1 saturated heterocycles. The average molecular weight is 398 g/mol. The first-order chi connectivity index (χ1) is 11.0. The molecule has 0 atom stereocenters. The van der Waals surface area contributed by atoms with Gasteiger partial charge in [0.05, 0.1) is 27.0 Å². The number of carbonyl (C=O) groups is 1. The van der Waals surface area contributed by atoms with E-state index in [2.05, 4.69) is 25.8 Å². The van der Waals surface area contributed by atoms with Crippen molar-refractivity contribution in [3.63, 3.8) is 0 Å². The number of benzene rings is 1. The van der Waals surface area contributed by atoms with Crippen LogP contribution in [0, 0.1) is 0 Å². The molecule has 23 heavy (non-hydrogen) atoms. The van der Waals surface area contributed by atoms with Crippen LogP contribution in [0.2, 0.25) is 5.02 Å². The zero-order chi connectivity index (χ0) is 16.4. The molecule has 0 radical (unpaired) electrons. The summed E-state index contributed by atoms with van der Waals surface area (Å²) in [6.07, 6.45) is 3.94. The Kier molecular flexibility index (Phi) is 4.73. The minimum atomic E-state index is -1.06. The molecule has 120 valence electrons. The van der Waals surface area contributed by atoms with Crippen LogP contribution in [0.15, 0.2) is 38.1 Å². The van der Waals surface area contributed by atoms with Crippen molar-refractivity contribution in [3.8, 4) is 0 Å². The summed E-state index contributed by atoms with van der Waals surface area (Å²) in [6, 6.07) is 6.42. The number of nitrogens with zero attached hydrogens (tertiary/aromatic N) is 2. The molecule has 2 heterocycles. The second kappa shape index (κ2) is 6.76. The van der Waals surface area contributed by atoms with E-state index in [9.17, 15) is 4.79 Å². The van der Waals surface area contributed by atoms with Gasteiger partial charge >= 0.3 is 5.97 Å². The average Bonchev–Trinajstić information content (AvgIpc) is 3.14. The van der Waals surface area contributed by atoms with Gasteiger partial charge < -0.3 is 14.4 Å². The number of furan rings is 1. The summed E-state index contributed by atoms with van der Waals surface area (Å²) < 4.78 is 6.72. The molecule has 0 saturated carbocycles. The molecule has 0 spiro atoms. The molecule has 5 nitrogen and oxygen atoms in total. The molecule has 3 rings (SSSR count). The number of carboxylic acid groups (broad SMARTS) is 1. The molecule has 1 aliphatic rings. The van der Waals surface area contributed by atoms with Crippen LogP contribution < -0.4 is 4.90 Å². The first-order valence-corrected chi connectivity index (χ1v) is 8.33. The van der Waals surface area contributed by atoms with E-state index in [0.717, 1.165) is 23.4 Å². The van der Waals surface area contributed by atoms with Gasteiger partial charge in [-0.15, -0.1) is 0 Å². The van der Waals surface area contributed by atoms with E-state index in [1.54, 1.807) is 12.3 Å². The van der Waals surface area contributed by atoms with Crippen LogP contribution in [-0.2, 0) is 0 Å². The van der Waals surface area contributed by atoms with E-state index in [1.807, 2.05) is 6.07 Å². The van der Waals surface area contributed by atoms with Gasteiger partial charge in [-0.3, -0.25) is 4.99 Å². The lowest BCUT2D eigenvalue weighted by molar-refractivity contribution is 0.0697. The van der Waals surface area contributed by atoms with Gasteiger partial charge in [-0.05, 0) is 47.0 Å². The lowest BCUT2D eigenvalue weighted by Crippen LogP contribution is -2.17. The highest BCUT2D eigenvalue weighted by Gasteiger charge is 2.19. The lowest BCUT2D eigenvalue weighted by Gasteiger charge is -2.13. The van der Waals surface area contributed by atoms with E-state index < -0.39 is 5.97 Å². The summed E-state index contributed by atoms with van der Waals surface area (Å²) in [7, 11) is 0. The zero-order valence-electron chi connectivity index (χ0n) is 12.1. The summed E-state index contributed by atoms with van der Waals surface area (Å²) in [5.41, 5.74) is 0.623. The number of hydrogen-bond donors (Lipinski definition) is 1. The van der Waals surface area contributed by atoms with Gasteiger partial charge in [-0.2, -0.15) is 0 Å². The monoisotopic (exact) mass is 396 g/mol. The summed E-state index contributed by atoms with van der Waals surface area (Å²) in [5, 5.41) is 9.11. The Hall–Kier alpha value is -1.79. The number of halogens is 2. The minimum Gasteiger partial charge on any atom is -0.478 e. The van der Waals surface area contributed by atoms with Crippen molar-refractivity contribution in [2.45, 2.75) is 12.8 Å². The quantitative estimate of drug-likeness (QED) is 0.756. The number of rotatable bonds is 4. The summed E-state index contributed by atoms with van der Waals surface area (Å²) in [5.74, 6) is 0.385. The standard InChI is InChI=1S/C16H14BrClN2O3/c17-13-8-11(23-15(13)20-5-1-2-6-20)9-19-10-3-4-12(16(21)22)14(18)7-10/h3-4,7-9H,1-2,5-6H2,(H,21,22). The number of aliphatic imine (C=N–C) groups is 1. The highest BCUT2D eigenvalue weighted by Crippen LogP contribution is 2.32. The molecule has 0 aliphatic carbocycles. The Morgan fingerprint density at radius 1 is 1.35 bits per heavy atom. The van der Waals surface area contributed by atoms with Crippen molar-refractivity contribution in [1.82, 2.24) is 0 Å². The molecule has 0 amide bonds. The Balaban J connectivity index is 1.79. The van der Waals surface area contributed by atoms with E-state index in [1.165, 1.54) is 25.0 Å². The van der Waals surface area contributed by atoms with Crippen molar-refractivity contribution >= 4 is 51.3 Å². The number of anilines is 1. The highest BCUT2D eigenvalue weighted by molar-refractivity contribution is 9.10. The van der Waals surface area contributed by atoms with Crippen LogP contribution >= 0.6 is 27.5 Å². The van der Waals surface area contributed by atoms with Crippen LogP contribution in [0.25, 0.3) is 0 Å². The van der Waals surface area contributed by atoms with Crippen LogP contribution in [0.5, 0.6) is 0 Å². The maximum Gasteiger partial charge on any atom is 0.337 e. The molecule has 2 aromatic rings. The highest BCUT2D eigenvalue weighted by atomic mass is 79.9. The van der Waals surface area contributed by atoms with Crippen molar-refractivity contribution in [2.75, 3.05) is 18.0 Å². The number of carboxylic acids is 1. The third-order valence-electron chi connectivity index (χ3n) is 3.61. The Morgan fingerprint density at radius 2 is 2.09 bits per heavy atom. The predicted octanol–water partition coefficient (Wildman–Crippen LogP) is 4.74. The first-order valence-electron chi connectivity index (χ1n) is 7.16. The van der Waals surface area contributed by atoms with Crippen molar-refractivity contribution < 1.29 is 14.3 Å². The zero-order valence-corrected chi connectivity index (χ0v) is 14.5. The maximum absolute atomic E-state index is 10.9. The smallest absolute Gasteiger partial charge is 0.337 e. The van der Waals surface area contributed by atoms with E-state index in [4.69, 9.17) is 21.1 Å². The first kappa shape index (κ1) is 16.1. The normalized spacial score (nSPS) is 14.8. The predicted molar refractivity (Wildman–Crippen MR) is 93.5 cm³/mol. The second-order valence-electron chi connectivity index (χ2n) is 5.22. The van der Waals surface area contributed by atoms with E-state index >= 15 is 0 Å². The maximum atomic E-state index is 10.9. The van der Waals surface area contributed by atoms with Crippen molar-refractivity contribution in [1.29, 1.82) is 0 Å². The fourth-order valence-corrected chi connectivity index (χ4v) is 3.28. The third-order valence-corrected chi connectivity index (χ3v) is 4.49. The molecule has 0 unspecified atom stereocenters. The summed E-state index contributed by atoms with van der Waals surface area (Å²) >= 11 is 9.44. The minimum absolute atomic E-state index is 0.0580. The fourth-order valence-electron chi connectivity index (χ4n) is 2.47. The van der Waals surface area contributed by atoms with Crippen LogP contribution in [0.1, 0.15) is 29.0 Å². The molecule has 1 fully saturated rings. The second-order valence-corrected chi connectivity index (χ2v) is 6.49. The molecule has 1 aromatic carbocycles. The lowest BCUT2D eigenvalue weighted by atomic mass is 10.2. The third kappa shape index (κ3) is 3.59. The molecule has 7 heteroatoms. The largest absolute Gasteiger partial charge is 0.478 e. The molecule has 1 aromatic heterocycles. The van der Waals surface area contributed by atoms with Crippen LogP contribution in [0.4, 0.5) is 11.6 Å². The Morgan fingerprint density at radius 3 is 2.74 bits per heavy atom. The molecular weight excluding hydrogens is 384 g/mol. The summed E-state index contributed by atoms with van der Waals surface area (Å²) in [6.45, 7) is 1.99. The van der Waals surface area contributed by atoms with Gasteiger partial charge in [-0.1, -0.05) is 11.6 Å². The van der Waals surface area contributed by atoms with Gasteiger partial charge in [0.2, 0.25) is 5.88 Å². The van der Waals surface area contributed by atoms with Crippen molar-refractivity contribution in [3.05, 3.63) is 45.1 Å². The topological polar surface area (TPSA) is 66.0 Å². The van der Waals surface area contributed by atoms with Crippen molar-refractivity contribution in [2.24, 2.45) is 4.99 Å². The van der Waals surface area contributed by atoms with Gasteiger partial charge in [0, 0.05) is 19.2 Å². The fraction of sp³-hybridized carbons (Fsp3) is 0.250. The number of aromatic carboxylic acids is 1. The van der Waals surface area contributed by atoms with Crippen LogP contribution in [0.3, 0.4) is 0 Å². The molecule has 1 N–H and O–H groups in total. The van der Waals surface area contributed by atoms with Crippen LogP contribution in [-0.4, -0.2) is 30.4 Å². The number of hydrogen-bond acceptors (Lipinski definition) is 4. The molecule has 0 bridgehead atoms. The molecule has 1 aliphatic heterocycles. The summed E-state index contributed by atoms with van der Waals surface area (Å²) in [4.78, 5) is 17.4.